The minimum atomic E-state index is -0.141. The van der Waals surface area contributed by atoms with E-state index in [0.717, 1.165) is 37.5 Å². The Hall–Kier alpha value is -1.06. The molecule has 26 heavy (non-hydrogen) atoms. The van der Waals surface area contributed by atoms with Crippen molar-refractivity contribution in [2.24, 2.45) is 17.8 Å². The van der Waals surface area contributed by atoms with Gasteiger partial charge in [0.1, 0.15) is 0 Å². The molecule has 0 saturated carbocycles. The van der Waals surface area contributed by atoms with E-state index in [9.17, 15) is 9.59 Å². The standard InChI is InChI=1S/C22H42O4/c1-18(2)12-8-6-10-14-21(23)25-16-20(5)17-26-22(24)15-11-7-9-13-19(3)4/h18-20H,6-17H2,1-5H3. The first-order valence-electron chi connectivity index (χ1n) is 10.6. The lowest BCUT2D eigenvalue weighted by Crippen LogP contribution is -2.18. The van der Waals surface area contributed by atoms with Crippen molar-refractivity contribution < 1.29 is 19.1 Å². The van der Waals surface area contributed by atoms with Crippen LogP contribution in [0.2, 0.25) is 0 Å². The number of carbonyl (C=O) groups is 2. The first kappa shape index (κ1) is 24.9. The number of hydrogen-bond acceptors (Lipinski definition) is 4. The third-order valence-corrected chi connectivity index (χ3v) is 4.38. The molecule has 4 nitrogen and oxygen atoms in total. The molecule has 0 bridgehead atoms. The molecule has 0 amide bonds. The van der Waals surface area contributed by atoms with Gasteiger partial charge in [0.2, 0.25) is 0 Å². The molecule has 0 aromatic carbocycles. The molecular weight excluding hydrogens is 328 g/mol. The highest BCUT2D eigenvalue weighted by molar-refractivity contribution is 5.69. The van der Waals surface area contributed by atoms with E-state index in [-0.39, 0.29) is 17.9 Å². The van der Waals surface area contributed by atoms with E-state index in [1.54, 1.807) is 0 Å². The monoisotopic (exact) mass is 370 g/mol. The second-order valence-corrected chi connectivity index (χ2v) is 8.46. The highest BCUT2D eigenvalue weighted by Gasteiger charge is 2.10. The average Bonchev–Trinajstić information content (AvgIpc) is 2.57. The van der Waals surface area contributed by atoms with Crippen LogP contribution in [0, 0.1) is 17.8 Å². The fourth-order valence-electron chi connectivity index (χ4n) is 2.66. The number of unbranched alkanes of at least 4 members (excludes halogenated alkanes) is 4. The van der Waals surface area contributed by atoms with Crippen molar-refractivity contribution in [3.63, 3.8) is 0 Å². The van der Waals surface area contributed by atoms with Crippen LogP contribution < -0.4 is 0 Å². The molecule has 0 radical (unpaired) electrons. The molecule has 0 N–H and O–H groups in total. The highest BCUT2D eigenvalue weighted by Crippen LogP contribution is 2.11. The molecule has 0 saturated heterocycles. The maximum absolute atomic E-state index is 11.7. The topological polar surface area (TPSA) is 52.6 Å². The van der Waals surface area contributed by atoms with Crippen LogP contribution in [0.1, 0.15) is 98.8 Å². The first-order chi connectivity index (χ1) is 12.3. The summed E-state index contributed by atoms with van der Waals surface area (Å²) >= 11 is 0. The van der Waals surface area contributed by atoms with Gasteiger partial charge in [-0.25, -0.2) is 0 Å². The maximum Gasteiger partial charge on any atom is 0.305 e. The van der Waals surface area contributed by atoms with Crippen molar-refractivity contribution in [1.82, 2.24) is 0 Å². The summed E-state index contributed by atoms with van der Waals surface area (Å²) in [5.74, 6) is 1.22. The summed E-state index contributed by atoms with van der Waals surface area (Å²) in [6.45, 7) is 11.5. The maximum atomic E-state index is 11.7. The SMILES string of the molecule is CC(C)CCCCCC(=O)OCC(C)COC(=O)CCCCCC(C)C. The molecule has 0 unspecified atom stereocenters. The van der Waals surface area contributed by atoms with Crippen molar-refractivity contribution in [3.05, 3.63) is 0 Å². The quantitative estimate of drug-likeness (QED) is 0.250. The normalized spacial score (nSPS) is 11.4. The third-order valence-electron chi connectivity index (χ3n) is 4.38. The summed E-state index contributed by atoms with van der Waals surface area (Å²) in [6, 6.07) is 0. The predicted molar refractivity (Wildman–Crippen MR) is 107 cm³/mol. The van der Waals surface area contributed by atoms with Crippen LogP contribution in [0.5, 0.6) is 0 Å². The summed E-state index contributed by atoms with van der Waals surface area (Å²) in [4.78, 5) is 23.4. The molecule has 0 aliphatic heterocycles. The lowest BCUT2D eigenvalue weighted by atomic mass is 10.0. The van der Waals surface area contributed by atoms with Crippen LogP contribution in [-0.2, 0) is 19.1 Å². The molecule has 0 spiro atoms. The molecule has 0 aliphatic carbocycles. The summed E-state index contributed by atoms with van der Waals surface area (Å²) in [6.07, 6.45) is 9.71. The van der Waals surface area contributed by atoms with E-state index in [1.807, 2.05) is 6.92 Å². The van der Waals surface area contributed by atoms with Crippen molar-refractivity contribution in [2.75, 3.05) is 13.2 Å². The smallest absolute Gasteiger partial charge is 0.305 e. The van der Waals surface area contributed by atoms with Gasteiger partial charge in [0, 0.05) is 18.8 Å². The van der Waals surface area contributed by atoms with Gasteiger partial charge in [-0.3, -0.25) is 9.59 Å². The molecule has 154 valence electrons. The van der Waals surface area contributed by atoms with Gasteiger partial charge in [-0.1, -0.05) is 73.1 Å². The first-order valence-corrected chi connectivity index (χ1v) is 10.6. The number of carbonyl (C=O) groups excluding carboxylic acids is 2. The van der Waals surface area contributed by atoms with E-state index in [2.05, 4.69) is 27.7 Å². The lowest BCUT2D eigenvalue weighted by molar-refractivity contribution is -0.148. The minimum Gasteiger partial charge on any atom is -0.465 e. The van der Waals surface area contributed by atoms with Gasteiger partial charge < -0.3 is 9.47 Å². The van der Waals surface area contributed by atoms with Gasteiger partial charge in [-0.2, -0.15) is 0 Å². The fourth-order valence-corrected chi connectivity index (χ4v) is 2.66. The molecule has 0 heterocycles. The Morgan fingerprint density at radius 3 is 1.35 bits per heavy atom. The average molecular weight is 371 g/mol. The van der Waals surface area contributed by atoms with Crippen LogP contribution in [-0.4, -0.2) is 25.2 Å². The minimum absolute atomic E-state index is 0.0461. The van der Waals surface area contributed by atoms with Gasteiger partial charge >= 0.3 is 11.9 Å². The van der Waals surface area contributed by atoms with Crippen molar-refractivity contribution >= 4 is 11.9 Å². The Kier molecular flexibility index (Phi) is 15.5. The van der Waals surface area contributed by atoms with E-state index in [0.29, 0.717) is 26.1 Å². The number of rotatable bonds is 16. The molecule has 4 heteroatoms. The van der Waals surface area contributed by atoms with Crippen LogP contribution in [0.4, 0.5) is 0 Å². The third kappa shape index (κ3) is 17.8. The lowest BCUT2D eigenvalue weighted by Gasteiger charge is -2.13. The number of esters is 2. The van der Waals surface area contributed by atoms with Crippen molar-refractivity contribution in [3.8, 4) is 0 Å². The van der Waals surface area contributed by atoms with Gasteiger partial charge in [-0.15, -0.1) is 0 Å². The Balaban J connectivity index is 3.55. The van der Waals surface area contributed by atoms with E-state index in [4.69, 9.17) is 9.47 Å². The summed E-state index contributed by atoms with van der Waals surface area (Å²) in [5.41, 5.74) is 0. The molecule has 0 rings (SSSR count). The molecule has 0 aliphatic rings. The molecular formula is C22H42O4. The van der Waals surface area contributed by atoms with Crippen LogP contribution in [0.3, 0.4) is 0 Å². The predicted octanol–water partition coefficient (Wildman–Crippen LogP) is 5.92. The fraction of sp³-hybridized carbons (Fsp3) is 0.909. The van der Waals surface area contributed by atoms with E-state index in [1.165, 1.54) is 25.7 Å². The summed E-state index contributed by atoms with van der Waals surface area (Å²) in [7, 11) is 0. The zero-order valence-corrected chi connectivity index (χ0v) is 17.9. The Labute approximate surface area is 161 Å². The van der Waals surface area contributed by atoms with Gasteiger partial charge in [0.25, 0.3) is 0 Å². The highest BCUT2D eigenvalue weighted by atomic mass is 16.5. The molecule has 0 fully saturated rings. The zero-order chi connectivity index (χ0) is 19.8. The van der Waals surface area contributed by atoms with Gasteiger partial charge in [0.15, 0.2) is 0 Å². The summed E-state index contributed by atoms with van der Waals surface area (Å²) in [5, 5.41) is 0. The second-order valence-electron chi connectivity index (χ2n) is 8.46. The Morgan fingerprint density at radius 1 is 0.615 bits per heavy atom. The van der Waals surface area contributed by atoms with Gasteiger partial charge in [0.05, 0.1) is 13.2 Å². The largest absolute Gasteiger partial charge is 0.465 e. The Morgan fingerprint density at radius 2 is 1.00 bits per heavy atom. The van der Waals surface area contributed by atoms with E-state index < -0.39 is 0 Å². The van der Waals surface area contributed by atoms with Gasteiger partial charge in [-0.05, 0) is 24.7 Å². The van der Waals surface area contributed by atoms with Crippen LogP contribution >= 0.6 is 0 Å². The molecule has 0 aromatic rings. The van der Waals surface area contributed by atoms with Crippen molar-refractivity contribution in [1.29, 1.82) is 0 Å². The molecule has 0 aromatic heterocycles. The summed E-state index contributed by atoms with van der Waals surface area (Å²) < 4.78 is 10.5. The van der Waals surface area contributed by atoms with Crippen LogP contribution in [0.25, 0.3) is 0 Å². The Bertz CT molecular complexity index is 329. The number of hydrogen-bond donors (Lipinski definition) is 0. The van der Waals surface area contributed by atoms with Crippen molar-refractivity contribution in [2.45, 2.75) is 98.8 Å². The van der Waals surface area contributed by atoms with E-state index >= 15 is 0 Å². The zero-order valence-electron chi connectivity index (χ0n) is 17.9. The number of ether oxygens (including phenoxy) is 2. The second kappa shape index (κ2) is 16.1. The van der Waals surface area contributed by atoms with Crippen LogP contribution in [0.15, 0.2) is 0 Å². The molecule has 0 atom stereocenters.